The predicted octanol–water partition coefficient (Wildman–Crippen LogP) is 2.84. The van der Waals surface area contributed by atoms with Gasteiger partial charge in [-0.15, -0.1) is 0 Å². The summed E-state index contributed by atoms with van der Waals surface area (Å²) in [5.41, 5.74) is 2.33. The zero-order valence-electron chi connectivity index (χ0n) is 21.0. The Balaban J connectivity index is 1.62. The van der Waals surface area contributed by atoms with Crippen molar-refractivity contribution in [3.05, 3.63) is 108 Å². The van der Waals surface area contributed by atoms with Gasteiger partial charge in [-0.05, 0) is 23.6 Å². The first kappa shape index (κ1) is 27.9. The van der Waals surface area contributed by atoms with E-state index < -0.39 is 42.0 Å². The van der Waals surface area contributed by atoms with Gasteiger partial charge in [-0.25, -0.2) is 9.59 Å². The second-order valence-corrected chi connectivity index (χ2v) is 8.77. The van der Waals surface area contributed by atoms with Crippen LogP contribution in [0.2, 0.25) is 0 Å². The van der Waals surface area contributed by atoms with Gasteiger partial charge in [0.15, 0.2) is 0 Å². The lowest BCUT2D eigenvalue weighted by molar-refractivity contribution is -0.142. The molecule has 3 aromatic carbocycles. The fourth-order valence-corrected chi connectivity index (χ4v) is 3.69. The highest BCUT2D eigenvalue weighted by atomic mass is 16.5. The van der Waals surface area contributed by atoms with Gasteiger partial charge < -0.3 is 25.8 Å². The maximum absolute atomic E-state index is 13.1. The molecule has 9 heteroatoms. The van der Waals surface area contributed by atoms with Crippen molar-refractivity contribution in [1.29, 1.82) is 0 Å². The smallest absolute Gasteiger partial charge is 0.408 e. The quantitative estimate of drug-likeness (QED) is 0.292. The topological polar surface area (TPSA) is 134 Å². The molecule has 3 rings (SSSR count). The minimum absolute atomic E-state index is 0.0309. The van der Waals surface area contributed by atoms with Gasteiger partial charge in [-0.2, -0.15) is 0 Å². The van der Waals surface area contributed by atoms with Crippen molar-refractivity contribution in [3.8, 4) is 0 Å². The van der Waals surface area contributed by atoms with Crippen LogP contribution in [-0.4, -0.2) is 47.1 Å². The van der Waals surface area contributed by atoms with E-state index in [1.54, 1.807) is 24.3 Å². The van der Waals surface area contributed by atoms with Crippen LogP contribution >= 0.6 is 0 Å². The lowest BCUT2D eigenvalue weighted by Gasteiger charge is -2.22. The van der Waals surface area contributed by atoms with Gasteiger partial charge in [0.2, 0.25) is 11.8 Å². The highest BCUT2D eigenvalue weighted by molar-refractivity contribution is 5.92. The summed E-state index contributed by atoms with van der Waals surface area (Å²) in [6, 6.07) is 23.9. The average molecular weight is 518 g/mol. The van der Waals surface area contributed by atoms with E-state index in [9.17, 15) is 24.3 Å². The van der Waals surface area contributed by atoms with E-state index in [2.05, 4.69) is 16.0 Å². The minimum Gasteiger partial charge on any atom is -0.480 e. The summed E-state index contributed by atoms with van der Waals surface area (Å²) in [5.74, 6) is -2.46. The molecule has 4 N–H and O–H groups in total. The first-order chi connectivity index (χ1) is 18.3. The number of amides is 3. The molecule has 0 radical (unpaired) electrons. The van der Waals surface area contributed by atoms with E-state index in [4.69, 9.17) is 4.74 Å². The number of aliphatic carboxylic acids is 1. The molecule has 3 atom stereocenters. The SMILES string of the molecule is C[C@H](NC(=O)[C@H](Cc1ccccc1)NC(=O)OCc1ccccc1)C(=O)N[C@@H](Cc1ccccc1)C(=O)O. The molecule has 38 heavy (non-hydrogen) atoms. The number of carbonyl (C=O) groups is 4. The van der Waals surface area contributed by atoms with Crippen molar-refractivity contribution < 1.29 is 29.0 Å². The third kappa shape index (κ3) is 9.09. The fourth-order valence-electron chi connectivity index (χ4n) is 3.69. The second-order valence-electron chi connectivity index (χ2n) is 8.77. The summed E-state index contributed by atoms with van der Waals surface area (Å²) in [6.45, 7) is 1.48. The van der Waals surface area contributed by atoms with Gasteiger partial charge in [0.25, 0.3) is 0 Å². The van der Waals surface area contributed by atoms with Crippen LogP contribution in [0.3, 0.4) is 0 Å². The van der Waals surface area contributed by atoms with Crippen molar-refractivity contribution in [3.63, 3.8) is 0 Å². The normalized spacial score (nSPS) is 12.9. The number of benzene rings is 3. The molecule has 0 fully saturated rings. The fraction of sp³-hybridized carbons (Fsp3) is 0.241. The maximum Gasteiger partial charge on any atom is 0.408 e. The molecule has 3 aromatic rings. The van der Waals surface area contributed by atoms with Crippen LogP contribution in [0.4, 0.5) is 4.79 Å². The zero-order valence-corrected chi connectivity index (χ0v) is 21.0. The van der Waals surface area contributed by atoms with Crippen molar-refractivity contribution in [2.75, 3.05) is 0 Å². The number of alkyl carbamates (subject to hydrolysis) is 1. The molecular formula is C29H31N3O6. The Labute approximate surface area is 221 Å². The van der Waals surface area contributed by atoms with Gasteiger partial charge in [0.05, 0.1) is 0 Å². The van der Waals surface area contributed by atoms with Crippen LogP contribution in [0.15, 0.2) is 91.0 Å². The molecule has 0 aromatic heterocycles. The van der Waals surface area contributed by atoms with Crippen molar-refractivity contribution in [2.45, 2.75) is 44.5 Å². The van der Waals surface area contributed by atoms with E-state index in [-0.39, 0.29) is 19.4 Å². The van der Waals surface area contributed by atoms with E-state index in [1.807, 2.05) is 66.7 Å². The van der Waals surface area contributed by atoms with Crippen molar-refractivity contribution in [1.82, 2.24) is 16.0 Å². The Hall–Kier alpha value is -4.66. The van der Waals surface area contributed by atoms with E-state index in [0.717, 1.165) is 16.7 Å². The highest BCUT2D eigenvalue weighted by Crippen LogP contribution is 2.07. The van der Waals surface area contributed by atoms with Gasteiger partial charge in [-0.3, -0.25) is 9.59 Å². The Morgan fingerprint density at radius 3 is 1.63 bits per heavy atom. The third-order valence-corrected chi connectivity index (χ3v) is 5.75. The molecule has 198 valence electrons. The number of hydrogen-bond donors (Lipinski definition) is 4. The highest BCUT2D eigenvalue weighted by Gasteiger charge is 2.28. The average Bonchev–Trinajstić information content (AvgIpc) is 2.92. The minimum atomic E-state index is -1.19. The van der Waals surface area contributed by atoms with Crippen LogP contribution < -0.4 is 16.0 Å². The molecule has 0 aliphatic rings. The van der Waals surface area contributed by atoms with Crippen molar-refractivity contribution in [2.24, 2.45) is 0 Å². The summed E-state index contributed by atoms with van der Waals surface area (Å²) < 4.78 is 5.26. The first-order valence-corrected chi connectivity index (χ1v) is 12.2. The van der Waals surface area contributed by atoms with Gasteiger partial charge in [-0.1, -0.05) is 91.0 Å². The number of nitrogens with one attached hydrogen (secondary N) is 3. The molecule has 9 nitrogen and oxygen atoms in total. The molecule has 0 heterocycles. The Bertz CT molecular complexity index is 1200. The predicted molar refractivity (Wildman–Crippen MR) is 141 cm³/mol. The van der Waals surface area contributed by atoms with Crippen LogP contribution in [0.5, 0.6) is 0 Å². The molecule has 3 amide bonds. The Morgan fingerprint density at radius 1 is 0.658 bits per heavy atom. The number of ether oxygens (including phenoxy) is 1. The van der Waals surface area contributed by atoms with Crippen LogP contribution in [0, 0.1) is 0 Å². The maximum atomic E-state index is 13.1. The van der Waals surface area contributed by atoms with Gasteiger partial charge in [0.1, 0.15) is 24.7 Å². The second kappa shape index (κ2) is 14.2. The zero-order chi connectivity index (χ0) is 27.3. The lowest BCUT2D eigenvalue weighted by Crippen LogP contribution is -2.55. The summed E-state index contributed by atoms with van der Waals surface area (Å²) in [4.78, 5) is 50.0. The molecule has 0 saturated heterocycles. The number of rotatable bonds is 12. The molecule has 0 aliphatic carbocycles. The molecule has 0 unspecified atom stereocenters. The number of carboxylic acid groups (broad SMARTS) is 1. The summed E-state index contributed by atoms with van der Waals surface area (Å²) >= 11 is 0. The van der Waals surface area contributed by atoms with E-state index in [0.29, 0.717) is 0 Å². The molecule has 0 spiro atoms. The van der Waals surface area contributed by atoms with Gasteiger partial charge >= 0.3 is 12.1 Å². The Morgan fingerprint density at radius 2 is 1.13 bits per heavy atom. The monoisotopic (exact) mass is 517 g/mol. The molecular weight excluding hydrogens is 486 g/mol. The van der Waals surface area contributed by atoms with Crippen LogP contribution in [0.25, 0.3) is 0 Å². The standard InChI is InChI=1S/C29H31N3O6/c1-20(26(33)31-25(28(35)36)18-22-13-7-3-8-14-22)30-27(34)24(17-21-11-5-2-6-12-21)32-29(37)38-19-23-15-9-4-10-16-23/h2-16,20,24-25H,17-19H2,1H3,(H,30,34)(H,31,33)(H,32,37)(H,35,36)/t20-,24-,25-/m0/s1. The summed E-state index contributed by atoms with van der Waals surface area (Å²) in [5, 5.41) is 17.2. The van der Waals surface area contributed by atoms with Crippen LogP contribution in [-0.2, 0) is 38.6 Å². The largest absolute Gasteiger partial charge is 0.480 e. The molecule has 0 saturated carbocycles. The number of carboxylic acids is 1. The number of hydrogen-bond acceptors (Lipinski definition) is 5. The molecule has 0 aliphatic heterocycles. The van der Waals surface area contributed by atoms with Gasteiger partial charge in [0, 0.05) is 12.8 Å². The Kier molecular flexibility index (Phi) is 10.4. The molecule has 0 bridgehead atoms. The first-order valence-electron chi connectivity index (χ1n) is 12.2. The summed E-state index contributed by atoms with van der Waals surface area (Å²) in [7, 11) is 0. The third-order valence-electron chi connectivity index (χ3n) is 5.75. The van der Waals surface area contributed by atoms with Crippen LogP contribution in [0.1, 0.15) is 23.6 Å². The lowest BCUT2D eigenvalue weighted by atomic mass is 10.0. The van der Waals surface area contributed by atoms with E-state index in [1.165, 1.54) is 6.92 Å². The summed E-state index contributed by atoms with van der Waals surface area (Å²) in [6.07, 6.45) is -0.530. The van der Waals surface area contributed by atoms with E-state index >= 15 is 0 Å². The van der Waals surface area contributed by atoms with Crippen molar-refractivity contribution >= 4 is 23.9 Å². The number of carbonyl (C=O) groups excluding carboxylic acids is 3.